The highest BCUT2D eigenvalue weighted by molar-refractivity contribution is 7.10. The predicted molar refractivity (Wildman–Crippen MR) is 112 cm³/mol. The minimum atomic E-state index is -0.568. The van der Waals surface area contributed by atoms with Gasteiger partial charge in [-0.2, -0.15) is 0 Å². The number of amides is 1. The van der Waals surface area contributed by atoms with Gasteiger partial charge in [0.2, 0.25) is 5.89 Å². The minimum Gasteiger partial charge on any atom is -0.496 e. The highest BCUT2D eigenvalue weighted by atomic mass is 32.1. The number of aromatic nitrogens is 2. The van der Waals surface area contributed by atoms with Gasteiger partial charge in [-0.1, -0.05) is 26.0 Å². The lowest BCUT2D eigenvalue weighted by Crippen LogP contribution is -2.32. The van der Waals surface area contributed by atoms with Crippen LogP contribution in [-0.4, -0.2) is 36.1 Å². The standard InChI is InChI=1S/C21H23N3O5S/c1-11(2)16(23-18(25)13-8-6-7-9-15(13)27-4)20-22-14(10-30-20)19-24-17(12(3)29-19)21(26)28-5/h6-11,16H,1-5H3,(H,23,25)/t16-/m0/s1. The SMILES string of the molecule is COC(=O)c1nc(-c2csc([C@@H](NC(=O)c3ccccc3OC)C(C)C)n2)oc1C. The van der Waals surface area contributed by atoms with Crippen LogP contribution in [0, 0.1) is 12.8 Å². The van der Waals surface area contributed by atoms with Crippen molar-refractivity contribution in [2.75, 3.05) is 14.2 Å². The number of nitrogens with zero attached hydrogens (tertiary/aromatic N) is 2. The molecule has 1 N–H and O–H groups in total. The molecule has 1 amide bonds. The van der Waals surface area contributed by atoms with Crippen LogP contribution in [0.25, 0.3) is 11.6 Å². The largest absolute Gasteiger partial charge is 0.496 e. The first-order chi connectivity index (χ1) is 14.3. The average molecular weight is 429 g/mol. The Hall–Kier alpha value is -3.20. The van der Waals surface area contributed by atoms with Crippen molar-refractivity contribution in [3.63, 3.8) is 0 Å². The topological polar surface area (TPSA) is 104 Å². The van der Waals surface area contributed by atoms with E-state index in [0.29, 0.717) is 27.8 Å². The van der Waals surface area contributed by atoms with Crippen LogP contribution in [0.5, 0.6) is 5.75 Å². The summed E-state index contributed by atoms with van der Waals surface area (Å²) in [5.74, 6) is 0.359. The van der Waals surface area contributed by atoms with Crippen molar-refractivity contribution >= 4 is 23.2 Å². The number of rotatable bonds is 7. The summed E-state index contributed by atoms with van der Waals surface area (Å²) in [4.78, 5) is 33.4. The van der Waals surface area contributed by atoms with Gasteiger partial charge in [0, 0.05) is 5.38 Å². The third-order valence-corrected chi connectivity index (χ3v) is 5.42. The van der Waals surface area contributed by atoms with Crippen molar-refractivity contribution in [2.45, 2.75) is 26.8 Å². The Balaban J connectivity index is 1.86. The second-order valence-corrected chi connectivity index (χ2v) is 7.77. The number of carbonyl (C=O) groups excluding carboxylic acids is 2. The van der Waals surface area contributed by atoms with Crippen LogP contribution in [0.3, 0.4) is 0 Å². The molecule has 0 saturated carbocycles. The number of ether oxygens (including phenoxy) is 2. The number of aryl methyl sites for hydroxylation is 1. The van der Waals surface area contributed by atoms with Gasteiger partial charge in [0.15, 0.2) is 5.69 Å². The van der Waals surface area contributed by atoms with Gasteiger partial charge in [0.05, 0.1) is 25.8 Å². The number of nitrogens with one attached hydrogen (secondary N) is 1. The van der Waals surface area contributed by atoms with E-state index in [1.165, 1.54) is 25.6 Å². The van der Waals surface area contributed by atoms with Crippen LogP contribution in [0.2, 0.25) is 0 Å². The number of oxazole rings is 1. The van der Waals surface area contributed by atoms with E-state index in [0.717, 1.165) is 0 Å². The molecule has 3 rings (SSSR count). The third-order valence-electron chi connectivity index (χ3n) is 4.49. The summed E-state index contributed by atoms with van der Waals surface area (Å²) in [7, 11) is 2.81. The molecule has 0 unspecified atom stereocenters. The molecular formula is C21H23N3O5S. The van der Waals surface area contributed by atoms with Crippen LogP contribution in [0.4, 0.5) is 0 Å². The predicted octanol–water partition coefficient (Wildman–Crippen LogP) is 4.03. The van der Waals surface area contributed by atoms with Gasteiger partial charge in [-0.05, 0) is 25.0 Å². The third kappa shape index (κ3) is 4.35. The first kappa shape index (κ1) is 21.5. The highest BCUT2D eigenvalue weighted by Gasteiger charge is 2.26. The Morgan fingerprint density at radius 3 is 2.57 bits per heavy atom. The number of thiazole rings is 1. The van der Waals surface area contributed by atoms with E-state index >= 15 is 0 Å². The molecule has 0 radical (unpaired) electrons. The molecule has 9 heteroatoms. The molecule has 3 aromatic rings. The van der Waals surface area contributed by atoms with E-state index in [1.54, 1.807) is 30.5 Å². The number of hydrogen-bond donors (Lipinski definition) is 1. The first-order valence-corrected chi connectivity index (χ1v) is 10.2. The summed E-state index contributed by atoms with van der Waals surface area (Å²) in [5.41, 5.74) is 1.06. The number of esters is 1. The zero-order valence-corrected chi connectivity index (χ0v) is 18.2. The van der Waals surface area contributed by atoms with Gasteiger partial charge >= 0.3 is 5.97 Å². The maximum atomic E-state index is 12.8. The van der Waals surface area contributed by atoms with Crippen LogP contribution in [-0.2, 0) is 4.74 Å². The molecular weight excluding hydrogens is 406 g/mol. The van der Waals surface area contributed by atoms with Crippen molar-refractivity contribution in [2.24, 2.45) is 5.92 Å². The summed E-state index contributed by atoms with van der Waals surface area (Å²) < 4.78 is 15.6. The van der Waals surface area contributed by atoms with E-state index in [2.05, 4.69) is 15.3 Å². The molecule has 0 bridgehead atoms. The lowest BCUT2D eigenvalue weighted by molar-refractivity contribution is 0.0592. The molecule has 0 aliphatic heterocycles. The Kier molecular flexibility index (Phi) is 6.51. The molecule has 0 saturated heterocycles. The molecule has 8 nitrogen and oxygen atoms in total. The Morgan fingerprint density at radius 2 is 1.90 bits per heavy atom. The number of methoxy groups -OCH3 is 2. The number of hydrogen-bond acceptors (Lipinski definition) is 8. The van der Waals surface area contributed by atoms with E-state index in [-0.39, 0.29) is 29.5 Å². The monoisotopic (exact) mass is 429 g/mol. The van der Waals surface area contributed by atoms with Crippen molar-refractivity contribution in [1.82, 2.24) is 15.3 Å². The van der Waals surface area contributed by atoms with Crippen LogP contribution in [0.15, 0.2) is 34.1 Å². The second kappa shape index (κ2) is 9.08. The maximum absolute atomic E-state index is 12.8. The van der Waals surface area contributed by atoms with Crippen molar-refractivity contribution in [3.05, 3.63) is 51.7 Å². The van der Waals surface area contributed by atoms with Gasteiger partial charge in [-0.25, -0.2) is 14.8 Å². The van der Waals surface area contributed by atoms with Gasteiger partial charge in [-0.15, -0.1) is 11.3 Å². The lowest BCUT2D eigenvalue weighted by atomic mass is 10.0. The molecule has 1 atom stereocenters. The van der Waals surface area contributed by atoms with Crippen molar-refractivity contribution in [3.8, 4) is 17.3 Å². The molecule has 158 valence electrons. The first-order valence-electron chi connectivity index (χ1n) is 9.31. The summed E-state index contributed by atoms with van der Waals surface area (Å²) >= 11 is 1.38. The second-order valence-electron chi connectivity index (χ2n) is 6.88. The molecule has 2 heterocycles. The molecule has 1 aromatic carbocycles. The smallest absolute Gasteiger partial charge is 0.360 e. The van der Waals surface area contributed by atoms with E-state index in [4.69, 9.17) is 13.9 Å². The summed E-state index contributed by atoms with van der Waals surface area (Å²) in [6.45, 7) is 5.64. The maximum Gasteiger partial charge on any atom is 0.360 e. The lowest BCUT2D eigenvalue weighted by Gasteiger charge is -2.20. The number of para-hydroxylation sites is 1. The Morgan fingerprint density at radius 1 is 1.17 bits per heavy atom. The van der Waals surface area contributed by atoms with Crippen LogP contribution in [0.1, 0.15) is 51.5 Å². The fourth-order valence-corrected chi connectivity index (χ4v) is 3.90. The summed E-state index contributed by atoms with van der Waals surface area (Å²) in [5, 5.41) is 5.53. The fraction of sp³-hybridized carbons (Fsp3) is 0.333. The van der Waals surface area contributed by atoms with Crippen LogP contribution >= 0.6 is 11.3 Å². The van der Waals surface area contributed by atoms with Crippen LogP contribution < -0.4 is 10.1 Å². The van der Waals surface area contributed by atoms with Gasteiger partial charge in [0.1, 0.15) is 22.2 Å². The summed E-state index contributed by atoms with van der Waals surface area (Å²) in [6.07, 6.45) is 0. The molecule has 2 aromatic heterocycles. The van der Waals surface area contributed by atoms with E-state index in [9.17, 15) is 9.59 Å². The van der Waals surface area contributed by atoms with Gasteiger partial charge in [0.25, 0.3) is 5.91 Å². The van der Waals surface area contributed by atoms with E-state index in [1.807, 2.05) is 19.9 Å². The average Bonchev–Trinajstić information content (AvgIpc) is 3.37. The molecule has 0 fully saturated rings. The van der Waals surface area contributed by atoms with Gasteiger partial charge < -0.3 is 19.2 Å². The van der Waals surface area contributed by atoms with Crippen molar-refractivity contribution < 1.29 is 23.5 Å². The fourth-order valence-electron chi connectivity index (χ4n) is 2.89. The molecule has 0 aliphatic carbocycles. The van der Waals surface area contributed by atoms with E-state index < -0.39 is 5.97 Å². The quantitative estimate of drug-likeness (QED) is 0.566. The number of benzene rings is 1. The zero-order chi connectivity index (χ0) is 21.8. The zero-order valence-electron chi connectivity index (χ0n) is 17.4. The Labute approximate surface area is 178 Å². The minimum absolute atomic E-state index is 0.0829. The molecule has 0 spiro atoms. The summed E-state index contributed by atoms with van der Waals surface area (Å²) in [6, 6.07) is 6.72. The molecule has 30 heavy (non-hydrogen) atoms. The normalized spacial score (nSPS) is 11.9. The molecule has 0 aliphatic rings. The highest BCUT2D eigenvalue weighted by Crippen LogP contribution is 2.30. The Bertz CT molecular complexity index is 1060. The number of carbonyl (C=O) groups is 2. The van der Waals surface area contributed by atoms with Gasteiger partial charge in [-0.3, -0.25) is 4.79 Å². The van der Waals surface area contributed by atoms with Crippen molar-refractivity contribution in [1.29, 1.82) is 0 Å².